The highest BCUT2D eigenvalue weighted by atomic mass is 16.5. The monoisotopic (exact) mass is 167 g/mol. The fourth-order valence-corrected chi connectivity index (χ4v) is 1.06. The van der Waals surface area contributed by atoms with E-state index in [0.717, 1.165) is 10.9 Å². The molecule has 1 rings (SSSR count). The Bertz CT molecular complexity index is 331. The van der Waals surface area contributed by atoms with Crippen LogP contribution in [0.4, 0.5) is 0 Å². The van der Waals surface area contributed by atoms with Crippen molar-refractivity contribution in [1.29, 1.82) is 0 Å². The first kappa shape index (κ1) is 11.0. The molecule has 0 bridgehead atoms. The normalized spacial score (nSPS) is 8.75. The highest BCUT2D eigenvalue weighted by Gasteiger charge is 1.96. The van der Waals surface area contributed by atoms with Crippen LogP contribution in [0.2, 0.25) is 0 Å². The molecule has 0 atom stereocenters. The first-order chi connectivity index (χ1) is 5.63. The minimum Gasteiger partial charge on any atom is -0.357 e. The lowest BCUT2D eigenvalue weighted by atomic mass is 10.2. The smallest absolute Gasteiger partial charge is 0.159 e. The molecule has 1 aromatic heterocycles. The predicted octanol–water partition coefficient (Wildman–Crippen LogP) is 1.61. The molecule has 0 aliphatic carbocycles. The number of hydrogen-bond acceptors (Lipinski definition) is 2. The fourth-order valence-electron chi connectivity index (χ4n) is 1.06. The highest BCUT2D eigenvalue weighted by Crippen LogP contribution is 1.85. The van der Waals surface area contributed by atoms with Gasteiger partial charge in [0.05, 0.1) is 5.69 Å². The van der Waals surface area contributed by atoms with Crippen LogP contribution in [-0.4, -0.2) is 5.16 Å². The Kier molecular flexibility index (Phi) is 4.34. The molecule has 0 unspecified atom stereocenters. The minimum atomic E-state index is 0.664. The minimum absolute atomic E-state index is 0.664. The number of hydrogen-bond donors (Lipinski definition) is 0. The lowest BCUT2D eigenvalue weighted by molar-refractivity contribution is 0.391. The molecule has 0 amide bonds. The summed E-state index contributed by atoms with van der Waals surface area (Å²) < 4.78 is 4.87. The van der Waals surface area contributed by atoms with Crippen LogP contribution >= 0.6 is 0 Å². The van der Waals surface area contributed by atoms with Crippen molar-refractivity contribution in [2.24, 2.45) is 0 Å². The molecule has 0 aliphatic heterocycles. The first-order valence-corrected chi connectivity index (χ1v) is 4.21. The highest BCUT2D eigenvalue weighted by molar-refractivity contribution is 5.39. The zero-order valence-corrected chi connectivity index (χ0v) is 8.56. The molecule has 2 nitrogen and oxygen atoms in total. The lowest BCUT2D eigenvalue weighted by Crippen LogP contribution is -2.21. The molecule has 1 aromatic rings. The van der Waals surface area contributed by atoms with E-state index in [4.69, 9.17) is 4.52 Å². The van der Waals surface area contributed by atoms with Crippen LogP contribution in [0.1, 0.15) is 33.4 Å². The maximum absolute atomic E-state index is 4.87. The molecule has 0 saturated carbocycles. The molecule has 0 saturated heterocycles. The third kappa shape index (κ3) is 2.22. The molecule has 0 N–H and O–H groups in total. The first-order valence-electron chi connectivity index (χ1n) is 4.21. The Morgan fingerprint density at radius 2 is 1.83 bits per heavy atom. The summed E-state index contributed by atoms with van der Waals surface area (Å²) in [4.78, 5) is 0. The van der Waals surface area contributed by atoms with Gasteiger partial charge in [0.25, 0.3) is 0 Å². The van der Waals surface area contributed by atoms with Crippen molar-refractivity contribution in [2.45, 2.75) is 34.6 Å². The van der Waals surface area contributed by atoms with Crippen molar-refractivity contribution < 1.29 is 4.52 Å². The second-order valence-corrected chi connectivity index (χ2v) is 2.57. The van der Waals surface area contributed by atoms with Gasteiger partial charge < -0.3 is 4.52 Å². The average molecular weight is 167 g/mol. The Labute approximate surface area is 73.6 Å². The van der Waals surface area contributed by atoms with Gasteiger partial charge in [-0.1, -0.05) is 31.2 Å². The second kappa shape index (κ2) is 4.75. The summed E-state index contributed by atoms with van der Waals surface area (Å²) in [6.07, 6.45) is 0. The van der Waals surface area contributed by atoms with E-state index in [1.54, 1.807) is 0 Å². The largest absolute Gasteiger partial charge is 0.357 e. The van der Waals surface area contributed by atoms with Crippen LogP contribution in [0.3, 0.4) is 0 Å². The molecule has 0 fully saturated rings. The molecule has 12 heavy (non-hydrogen) atoms. The van der Waals surface area contributed by atoms with Crippen molar-refractivity contribution in [1.82, 2.24) is 5.16 Å². The summed E-state index contributed by atoms with van der Waals surface area (Å²) in [7, 11) is 0. The van der Waals surface area contributed by atoms with E-state index >= 15 is 0 Å². The van der Waals surface area contributed by atoms with Crippen molar-refractivity contribution in [2.75, 3.05) is 0 Å². The number of nitrogens with zero attached hydrogens (tertiary/aromatic N) is 1. The SMILES string of the molecule is C=c1onc(C)c1=C(C)C.CC. The number of aromatic nitrogens is 1. The Morgan fingerprint density at radius 1 is 1.33 bits per heavy atom. The maximum Gasteiger partial charge on any atom is 0.159 e. The summed E-state index contributed by atoms with van der Waals surface area (Å²) in [5.74, 6) is 0. The Hall–Kier alpha value is -1.05. The quantitative estimate of drug-likeness (QED) is 0.586. The topological polar surface area (TPSA) is 26.0 Å². The molecular weight excluding hydrogens is 150 g/mol. The standard InChI is InChI=1S/C8H11NO.C2H6/c1-5(2)8-6(3)9-10-7(8)4;1-2/h4H2,1-3H3;1-2H3. The molecule has 68 valence electrons. The van der Waals surface area contributed by atoms with Crippen LogP contribution in [0.25, 0.3) is 12.2 Å². The van der Waals surface area contributed by atoms with Gasteiger partial charge in [-0.3, -0.25) is 0 Å². The summed E-state index contributed by atoms with van der Waals surface area (Å²) >= 11 is 0. The van der Waals surface area contributed by atoms with Crippen molar-refractivity contribution >= 4 is 12.2 Å². The molecule has 2 heteroatoms. The molecule has 0 radical (unpaired) electrons. The zero-order chi connectivity index (χ0) is 9.72. The van der Waals surface area contributed by atoms with Crippen molar-refractivity contribution in [3.05, 3.63) is 16.3 Å². The van der Waals surface area contributed by atoms with E-state index in [-0.39, 0.29) is 0 Å². The lowest BCUT2D eigenvalue weighted by Gasteiger charge is -1.82. The Morgan fingerprint density at radius 3 is 2.00 bits per heavy atom. The van der Waals surface area contributed by atoms with Crippen LogP contribution in [-0.2, 0) is 0 Å². The van der Waals surface area contributed by atoms with Gasteiger partial charge in [-0.25, -0.2) is 0 Å². The van der Waals surface area contributed by atoms with Gasteiger partial charge in [-0.2, -0.15) is 0 Å². The predicted molar refractivity (Wildman–Crippen MR) is 52.1 cm³/mol. The molecule has 1 heterocycles. The summed E-state index contributed by atoms with van der Waals surface area (Å²) in [5.41, 5.74) is 2.78. The van der Waals surface area contributed by atoms with Gasteiger partial charge in [-0.15, -0.1) is 0 Å². The molecule has 0 aromatic carbocycles. The van der Waals surface area contributed by atoms with Gasteiger partial charge in [0, 0.05) is 5.22 Å². The third-order valence-corrected chi connectivity index (χ3v) is 1.43. The molecule has 0 spiro atoms. The molecular formula is C10H17NO. The van der Waals surface area contributed by atoms with Gasteiger partial charge in [0.1, 0.15) is 0 Å². The van der Waals surface area contributed by atoms with Gasteiger partial charge in [0.15, 0.2) is 5.42 Å². The summed E-state index contributed by atoms with van der Waals surface area (Å²) in [6.45, 7) is 13.7. The van der Waals surface area contributed by atoms with Crippen LogP contribution in [0.5, 0.6) is 0 Å². The summed E-state index contributed by atoms with van der Waals surface area (Å²) in [6, 6.07) is 0. The van der Waals surface area contributed by atoms with E-state index in [0.29, 0.717) is 5.42 Å². The zero-order valence-electron chi connectivity index (χ0n) is 8.56. The van der Waals surface area contributed by atoms with Gasteiger partial charge in [-0.05, 0) is 20.8 Å². The fraction of sp³-hybridized carbons (Fsp3) is 0.500. The van der Waals surface area contributed by atoms with Crippen LogP contribution < -0.4 is 10.6 Å². The van der Waals surface area contributed by atoms with Crippen molar-refractivity contribution in [3.63, 3.8) is 0 Å². The average Bonchev–Trinajstić information content (AvgIpc) is 2.35. The summed E-state index contributed by atoms with van der Waals surface area (Å²) in [5, 5.41) is 4.83. The van der Waals surface area contributed by atoms with E-state index in [1.165, 1.54) is 5.57 Å². The van der Waals surface area contributed by atoms with E-state index < -0.39 is 0 Å². The van der Waals surface area contributed by atoms with Crippen molar-refractivity contribution in [3.8, 4) is 0 Å². The van der Waals surface area contributed by atoms with Crippen LogP contribution in [0, 0.1) is 6.92 Å². The van der Waals surface area contributed by atoms with E-state index in [9.17, 15) is 0 Å². The van der Waals surface area contributed by atoms with E-state index in [1.807, 2.05) is 34.6 Å². The maximum atomic E-state index is 4.87. The number of rotatable bonds is 0. The van der Waals surface area contributed by atoms with E-state index in [2.05, 4.69) is 11.7 Å². The van der Waals surface area contributed by atoms with Gasteiger partial charge >= 0.3 is 0 Å². The van der Waals surface area contributed by atoms with Gasteiger partial charge in [0.2, 0.25) is 0 Å². The number of aryl methyl sites for hydroxylation is 1. The third-order valence-electron chi connectivity index (χ3n) is 1.43. The van der Waals surface area contributed by atoms with Crippen LogP contribution in [0.15, 0.2) is 4.52 Å². The second-order valence-electron chi connectivity index (χ2n) is 2.57. The Balaban J connectivity index is 0.000000561. The molecule has 0 aliphatic rings.